The van der Waals surface area contributed by atoms with E-state index in [0.29, 0.717) is 4.88 Å². The summed E-state index contributed by atoms with van der Waals surface area (Å²) in [6.45, 7) is 1.72. The van der Waals surface area contributed by atoms with Crippen LogP contribution in [0, 0.1) is 0 Å². The number of carbonyl (C=O) groups is 1. The molecule has 1 aromatic heterocycles. The summed E-state index contributed by atoms with van der Waals surface area (Å²) in [6.07, 6.45) is 5.11. The molecule has 1 amide bonds. The molecule has 0 saturated carbocycles. The molecule has 0 aliphatic carbocycles. The highest BCUT2D eigenvalue weighted by Crippen LogP contribution is 2.33. The third kappa shape index (κ3) is 2.93. The highest BCUT2D eigenvalue weighted by Gasteiger charge is 2.21. The average molecular weight is 302 g/mol. The van der Waals surface area contributed by atoms with Crippen molar-refractivity contribution in [1.29, 1.82) is 0 Å². The van der Waals surface area contributed by atoms with E-state index >= 15 is 0 Å². The van der Waals surface area contributed by atoms with Gasteiger partial charge in [0.1, 0.15) is 15.6 Å². The van der Waals surface area contributed by atoms with E-state index in [2.05, 4.69) is 4.98 Å². The lowest BCUT2D eigenvalue weighted by atomic mass is 10.1. The lowest BCUT2D eigenvalue weighted by molar-refractivity contribution is 0.0729. The SMILES string of the molecule is COc1ccccc1-c1ncc(C(=O)N2CCCCC2)s1. The zero-order chi connectivity index (χ0) is 14.7. The van der Waals surface area contributed by atoms with Crippen LogP contribution in [0.1, 0.15) is 28.9 Å². The second kappa shape index (κ2) is 6.26. The van der Waals surface area contributed by atoms with Gasteiger partial charge in [-0.2, -0.15) is 0 Å². The van der Waals surface area contributed by atoms with E-state index in [4.69, 9.17) is 4.74 Å². The van der Waals surface area contributed by atoms with Crippen molar-refractivity contribution >= 4 is 17.2 Å². The number of likely N-dealkylation sites (tertiary alicyclic amines) is 1. The zero-order valence-corrected chi connectivity index (χ0v) is 12.9. The van der Waals surface area contributed by atoms with Crippen LogP contribution in [0.15, 0.2) is 30.5 Å². The van der Waals surface area contributed by atoms with Crippen LogP contribution < -0.4 is 4.74 Å². The Balaban J connectivity index is 1.84. The van der Waals surface area contributed by atoms with Gasteiger partial charge in [-0.15, -0.1) is 11.3 Å². The number of benzene rings is 1. The molecule has 0 bridgehead atoms. The van der Waals surface area contributed by atoms with Crippen molar-refractivity contribution in [2.45, 2.75) is 19.3 Å². The molecule has 110 valence electrons. The molecule has 0 radical (unpaired) electrons. The Morgan fingerprint density at radius 2 is 2.00 bits per heavy atom. The van der Waals surface area contributed by atoms with Crippen molar-refractivity contribution in [2.24, 2.45) is 0 Å². The molecule has 2 heterocycles. The molecule has 0 N–H and O–H groups in total. The minimum Gasteiger partial charge on any atom is -0.496 e. The van der Waals surface area contributed by atoms with Gasteiger partial charge >= 0.3 is 0 Å². The monoisotopic (exact) mass is 302 g/mol. The fraction of sp³-hybridized carbons (Fsp3) is 0.375. The molecule has 0 atom stereocenters. The summed E-state index contributed by atoms with van der Waals surface area (Å²) in [6, 6.07) is 7.75. The second-order valence-electron chi connectivity index (χ2n) is 5.08. The predicted molar refractivity (Wildman–Crippen MR) is 83.9 cm³/mol. The van der Waals surface area contributed by atoms with Gasteiger partial charge < -0.3 is 9.64 Å². The summed E-state index contributed by atoms with van der Waals surface area (Å²) >= 11 is 1.43. The van der Waals surface area contributed by atoms with Crippen LogP contribution in [0.5, 0.6) is 5.75 Å². The summed E-state index contributed by atoms with van der Waals surface area (Å²) in [7, 11) is 1.65. The van der Waals surface area contributed by atoms with Crippen molar-refractivity contribution in [2.75, 3.05) is 20.2 Å². The molecule has 5 heteroatoms. The smallest absolute Gasteiger partial charge is 0.265 e. The number of methoxy groups -OCH3 is 1. The first-order chi connectivity index (χ1) is 10.3. The van der Waals surface area contributed by atoms with Crippen LogP contribution in [0.25, 0.3) is 10.6 Å². The number of aromatic nitrogens is 1. The van der Waals surface area contributed by atoms with Crippen LogP contribution in [0.4, 0.5) is 0 Å². The van der Waals surface area contributed by atoms with Crippen LogP contribution in [0.2, 0.25) is 0 Å². The van der Waals surface area contributed by atoms with E-state index < -0.39 is 0 Å². The summed E-state index contributed by atoms with van der Waals surface area (Å²) in [5.74, 6) is 0.886. The van der Waals surface area contributed by atoms with E-state index in [-0.39, 0.29) is 5.91 Å². The second-order valence-corrected chi connectivity index (χ2v) is 6.11. The van der Waals surface area contributed by atoms with Gasteiger partial charge in [0.15, 0.2) is 0 Å². The molecule has 1 saturated heterocycles. The number of carbonyl (C=O) groups excluding carboxylic acids is 1. The topological polar surface area (TPSA) is 42.4 Å². The Kier molecular flexibility index (Phi) is 4.20. The molecular weight excluding hydrogens is 284 g/mol. The first-order valence-corrected chi connectivity index (χ1v) is 8.00. The number of thiazole rings is 1. The maximum absolute atomic E-state index is 12.5. The van der Waals surface area contributed by atoms with Gasteiger partial charge in [-0.3, -0.25) is 4.79 Å². The largest absolute Gasteiger partial charge is 0.496 e. The van der Waals surface area contributed by atoms with Crippen LogP contribution >= 0.6 is 11.3 Å². The predicted octanol–water partition coefficient (Wildman–Crippen LogP) is 3.44. The molecule has 1 aliphatic rings. The molecule has 1 aromatic carbocycles. The van der Waals surface area contributed by atoms with E-state index in [1.165, 1.54) is 17.8 Å². The van der Waals surface area contributed by atoms with Gasteiger partial charge in [-0.25, -0.2) is 4.98 Å². The van der Waals surface area contributed by atoms with Gasteiger partial charge in [-0.1, -0.05) is 12.1 Å². The highest BCUT2D eigenvalue weighted by atomic mass is 32.1. The van der Waals surface area contributed by atoms with Gasteiger partial charge in [0.2, 0.25) is 0 Å². The molecule has 2 aromatic rings. The molecule has 4 nitrogen and oxygen atoms in total. The number of hydrogen-bond donors (Lipinski definition) is 0. The number of ether oxygens (including phenoxy) is 1. The van der Waals surface area contributed by atoms with Crippen LogP contribution in [-0.2, 0) is 0 Å². The average Bonchev–Trinajstić information content (AvgIpc) is 3.04. The molecule has 3 rings (SSSR count). The van der Waals surface area contributed by atoms with E-state index in [1.54, 1.807) is 13.3 Å². The summed E-state index contributed by atoms with van der Waals surface area (Å²) < 4.78 is 5.36. The third-order valence-corrected chi connectivity index (χ3v) is 4.72. The van der Waals surface area contributed by atoms with E-state index in [0.717, 1.165) is 42.3 Å². The maximum Gasteiger partial charge on any atom is 0.265 e. The summed E-state index contributed by atoms with van der Waals surface area (Å²) in [4.78, 5) is 19.5. The van der Waals surface area contributed by atoms with E-state index in [1.807, 2.05) is 29.2 Å². The third-order valence-electron chi connectivity index (χ3n) is 3.70. The Bertz CT molecular complexity index is 633. The summed E-state index contributed by atoms with van der Waals surface area (Å²) in [5, 5.41) is 0.827. The number of para-hydroxylation sites is 1. The number of amides is 1. The number of piperidine rings is 1. The minimum atomic E-state index is 0.105. The Hall–Kier alpha value is -1.88. The van der Waals surface area contributed by atoms with Gasteiger partial charge in [0, 0.05) is 13.1 Å². The fourth-order valence-corrected chi connectivity index (χ4v) is 3.49. The fourth-order valence-electron chi connectivity index (χ4n) is 2.57. The maximum atomic E-state index is 12.5. The molecule has 1 fully saturated rings. The highest BCUT2D eigenvalue weighted by molar-refractivity contribution is 7.16. The summed E-state index contributed by atoms with van der Waals surface area (Å²) in [5.41, 5.74) is 0.933. The normalized spacial score (nSPS) is 15.0. The van der Waals surface area contributed by atoms with Crippen molar-refractivity contribution in [3.8, 4) is 16.3 Å². The lowest BCUT2D eigenvalue weighted by Crippen LogP contribution is -2.35. The van der Waals surface area contributed by atoms with Gasteiger partial charge in [-0.05, 0) is 31.4 Å². The number of nitrogens with zero attached hydrogens (tertiary/aromatic N) is 2. The van der Waals surface area contributed by atoms with Crippen molar-refractivity contribution in [1.82, 2.24) is 9.88 Å². The van der Waals surface area contributed by atoms with Crippen LogP contribution in [0.3, 0.4) is 0 Å². The molecular formula is C16H18N2O2S. The van der Waals surface area contributed by atoms with Gasteiger partial charge in [0.25, 0.3) is 5.91 Å². The first kappa shape index (κ1) is 14.1. The molecule has 1 aliphatic heterocycles. The number of rotatable bonds is 3. The van der Waals surface area contributed by atoms with Crippen molar-refractivity contribution in [3.05, 3.63) is 35.3 Å². The van der Waals surface area contributed by atoms with Gasteiger partial charge in [0.05, 0.1) is 18.9 Å². The number of hydrogen-bond acceptors (Lipinski definition) is 4. The van der Waals surface area contributed by atoms with Crippen molar-refractivity contribution < 1.29 is 9.53 Å². The Labute approximate surface area is 128 Å². The quantitative estimate of drug-likeness (QED) is 0.872. The Morgan fingerprint density at radius 3 is 2.76 bits per heavy atom. The first-order valence-electron chi connectivity index (χ1n) is 7.18. The van der Waals surface area contributed by atoms with Crippen molar-refractivity contribution in [3.63, 3.8) is 0 Å². The lowest BCUT2D eigenvalue weighted by Gasteiger charge is -2.25. The van der Waals surface area contributed by atoms with E-state index in [9.17, 15) is 4.79 Å². The van der Waals surface area contributed by atoms with Crippen LogP contribution in [-0.4, -0.2) is 36.0 Å². The minimum absolute atomic E-state index is 0.105. The molecule has 21 heavy (non-hydrogen) atoms. The Morgan fingerprint density at radius 1 is 1.24 bits per heavy atom. The molecule has 0 spiro atoms. The molecule has 0 unspecified atom stereocenters. The standard InChI is InChI=1S/C16H18N2O2S/c1-20-13-8-4-3-7-12(13)15-17-11-14(21-15)16(19)18-9-5-2-6-10-18/h3-4,7-8,11H,2,5-6,9-10H2,1H3. The zero-order valence-electron chi connectivity index (χ0n) is 12.0.